The van der Waals surface area contributed by atoms with Crippen LogP contribution >= 0.6 is 11.6 Å². The Morgan fingerprint density at radius 3 is 2.61 bits per heavy atom. The summed E-state index contributed by atoms with van der Waals surface area (Å²) in [5, 5.41) is 29.2. The number of carbonyl (C=O) groups excluding carboxylic acids is 2. The summed E-state index contributed by atoms with van der Waals surface area (Å²) in [5.74, 6) is -1.09. The highest BCUT2D eigenvalue weighted by Crippen LogP contribution is 2.28. The minimum atomic E-state index is -0.661. The van der Waals surface area contributed by atoms with E-state index >= 15 is 0 Å². The minimum absolute atomic E-state index is 0.00994. The lowest BCUT2D eigenvalue weighted by Crippen LogP contribution is -2.21. The van der Waals surface area contributed by atoms with Crippen LogP contribution < -0.4 is 10.7 Å². The third-order valence-electron chi connectivity index (χ3n) is 4.34. The molecule has 9 nitrogen and oxygen atoms in total. The van der Waals surface area contributed by atoms with E-state index in [2.05, 4.69) is 15.8 Å². The Labute approximate surface area is 181 Å². The summed E-state index contributed by atoms with van der Waals surface area (Å²) < 4.78 is 0. The number of nitrogens with one attached hydrogen (secondary N) is 2. The number of hydrogen-bond donors (Lipinski definition) is 3. The first-order valence-corrected chi connectivity index (χ1v) is 9.49. The molecule has 10 heteroatoms. The van der Waals surface area contributed by atoms with Crippen LogP contribution in [-0.2, 0) is 9.59 Å². The van der Waals surface area contributed by atoms with Crippen LogP contribution in [0.2, 0.25) is 5.02 Å². The van der Waals surface area contributed by atoms with E-state index in [9.17, 15) is 24.8 Å². The van der Waals surface area contributed by atoms with Crippen LogP contribution in [0, 0.1) is 10.1 Å². The number of fused-ring (bicyclic) bond motifs is 1. The zero-order valence-corrected chi connectivity index (χ0v) is 16.8. The van der Waals surface area contributed by atoms with E-state index in [1.807, 2.05) is 24.3 Å². The summed E-state index contributed by atoms with van der Waals surface area (Å²) >= 11 is 5.74. The Morgan fingerprint density at radius 2 is 1.84 bits per heavy atom. The predicted octanol–water partition coefficient (Wildman–Crippen LogP) is 3.98. The molecular formula is C21H17ClN4O5. The first-order chi connectivity index (χ1) is 14.8. The lowest BCUT2D eigenvalue weighted by molar-refractivity contribution is -0.383. The molecule has 0 heterocycles. The fraction of sp³-hybridized carbons (Fsp3) is 0.0952. The molecule has 2 amide bonds. The molecule has 0 unspecified atom stereocenters. The number of halogens is 1. The monoisotopic (exact) mass is 440 g/mol. The van der Waals surface area contributed by atoms with Crippen LogP contribution in [0.5, 0.6) is 5.75 Å². The van der Waals surface area contributed by atoms with Gasteiger partial charge in [0.2, 0.25) is 11.8 Å². The van der Waals surface area contributed by atoms with Gasteiger partial charge in [-0.05, 0) is 29.0 Å². The van der Waals surface area contributed by atoms with Gasteiger partial charge in [-0.1, -0.05) is 41.9 Å². The van der Waals surface area contributed by atoms with Crippen molar-refractivity contribution in [3.05, 3.63) is 75.3 Å². The molecule has 0 aliphatic carbocycles. The lowest BCUT2D eigenvalue weighted by Gasteiger charge is -2.06. The molecule has 0 aromatic heterocycles. The Hall–Kier alpha value is -3.98. The van der Waals surface area contributed by atoms with Crippen molar-refractivity contribution in [2.45, 2.75) is 12.8 Å². The lowest BCUT2D eigenvalue weighted by atomic mass is 10.0. The number of nitro groups is 1. The Morgan fingerprint density at radius 1 is 1.10 bits per heavy atom. The standard InChI is InChI=1S/C21H17ClN4O5/c22-14-6-7-17(18(11-14)26(30)31)24-20(28)9-10-21(29)25-23-12-16-15-4-2-1-3-13(15)5-8-19(16)27/h1-8,11-12,27H,9-10H2,(H,24,28)(H,25,29)/b23-12+. The van der Waals surface area contributed by atoms with Gasteiger partial charge in [0.15, 0.2) is 0 Å². The van der Waals surface area contributed by atoms with Gasteiger partial charge in [-0.3, -0.25) is 19.7 Å². The average Bonchev–Trinajstić information content (AvgIpc) is 2.75. The SMILES string of the molecule is O=C(CCC(=O)Nc1ccc(Cl)cc1[N+](=O)[O-])N/N=C/c1c(O)ccc2ccccc12. The van der Waals surface area contributed by atoms with Crippen LogP contribution in [0.3, 0.4) is 0 Å². The van der Waals surface area contributed by atoms with Crippen LogP contribution in [-0.4, -0.2) is 28.1 Å². The van der Waals surface area contributed by atoms with Crippen LogP contribution in [0.15, 0.2) is 59.7 Å². The van der Waals surface area contributed by atoms with E-state index in [1.54, 1.807) is 6.07 Å². The van der Waals surface area contributed by atoms with Crippen molar-refractivity contribution in [3.63, 3.8) is 0 Å². The third kappa shape index (κ3) is 5.55. The van der Waals surface area contributed by atoms with E-state index in [1.165, 1.54) is 24.4 Å². The van der Waals surface area contributed by atoms with Gasteiger partial charge in [0, 0.05) is 29.5 Å². The number of benzene rings is 3. The summed E-state index contributed by atoms with van der Waals surface area (Å²) in [5.41, 5.74) is 2.39. The molecule has 0 saturated carbocycles. The maximum absolute atomic E-state index is 12.0. The second-order valence-electron chi connectivity index (χ2n) is 6.48. The number of hydrogen-bond acceptors (Lipinski definition) is 6. The van der Waals surface area contributed by atoms with Crippen molar-refractivity contribution in [2.24, 2.45) is 5.10 Å². The predicted molar refractivity (Wildman–Crippen MR) is 117 cm³/mol. The van der Waals surface area contributed by atoms with E-state index in [-0.39, 0.29) is 35.0 Å². The molecule has 3 aromatic rings. The smallest absolute Gasteiger partial charge is 0.294 e. The molecule has 3 aromatic carbocycles. The molecule has 3 N–H and O–H groups in total. The maximum Gasteiger partial charge on any atom is 0.294 e. The number of aromatic hydroxyl groups is 1. The molecule has 0 fully saturated rings. The van der Waals surface area contributed by atoms with Gasteiger partial charge < -0.3 is 10.4 Å². The van der Waals surface area contributed by atoms with Gasteiger partial charge in [0.25, 0.3) is 5.69 Å². The van der Waals surface area contributed by atoms with Gasteiger partial charge in [-0.15, -0.1) is 0 Å². The number of anilines is 1. The number of phenolic OH excluding ortho intramolecular Hbond substituents is 1. The van der Waals surface area contributed by atoms with Crippen molar-refractivity contribution in [1.82, 2.24) is 5.43 Å². The van der Waals surface area contributed by atoms with Crippen LogP contribution in [0.1, 0.15) is 18.4 Å². The highest BCUT2D eigenvalue weighted by Gasteiger charge is 2.17. The molecule has 0 spiro atoms. The topological polar surface area (TPSA) is 134 Å². The third-order valence-corrected chi connectivity index (χ3v) is 4.58. The van der Waals surface area contributed by atoms with E-state index < -0.39 is 16.7 Å². The van der Waals surface area contributed by atoms with Gasteiger partial charge in [0.1, 0.15) is 11.4 Å². The molecule has 3 rings (SSSR count). The molecule has 0 radical (unpaired) electrons. The minimum Gasteiger partial charge on any atom is -0.507 e. The van der Waals surface area contributed by atoms with Gasteiger partial charge in [-0.25, -0.2) is 5.43 Å². The van der Waals surface area contributed by atoms with Gasteiger partial charge >= 0.3 is 0 Å². The second-order valence-corrected chi connectivity index (χ2v) is 6.92. The molecule has 0 atom stereocenters. The van der Waals surface area contributed by atoms with Crippen molar-refractivity contribution in [1.29, 1.82) is 0 Å². The molecule has 0 aliphatic rings. The molecule has 0 bridgehead atoms. The number of phenols is 1. The number of nitro benzene ring substituents is 1. The maximum atomic E-state index is 12.0. The Kier molecular flexibility index (Phi) is 6.78. The van der Waals surface area contributed by atoms with Crippen LogP contribution in [0.4, 0.5) is 11.4 Å². The molecule has 0 saturated heterocycles. The normalized spacial score (nSPS) is 10.9. The van der Waals surface area contributed by atoms with Gasteiger partial charge in [0.05, 0.1) is 11.1 Å². The number of rotatable bonds is 7. The van der Waals surface area contributed by atoms with Gasteiger partial charge in [-0.2, -0.15) is 5.10 Å². The van der Waals surface area contributed by atoms with Crippen molar-refractivity contribution in [3.8, 4) is 5.75 Å². The summed E-state index contributed by atoms with van der Waals surface area (Å²) in [7, 11) is 0. The van der Waals surface area contributed by atoms with E-state index in [4.69, 9.17) is 11.6 Å². The zero-order valence-electron chi connectivity index (χ0n) is 16.0. The highest BCUT2D eigenvalue weighted by molar-refractivity contribution is 6.31. The van der Waals surface area contributed by atoms with Crippen molar-refractivity contribution < 1.29 is 19.6 Å². The largest absolute Gasteiger partial charge is 0.507 e. The average molecular weight is 441 g/mol. The van der Waals surface area contributed by atoms with E-state index in [0.717, 1.165) is 16.8 Å². The fourth-order valence-electron chi connectivity index (χ4n) is 2.85. The number of carbonyl (C=O) groups is 2. The second kappa shape index (κ2) is 9.68. The number of hydrazone groups is 1. The molecule has 158 valence electrons. The van der Waals surface area contributed by atoms with Crippen molar-refractivity contribution in [2.75, 3.05) is 5.32 Å². The molecular weight excluding hydrogens is 424 g/mol. The first kappa shape index (κ1) is 21.7. The summed E-state index contributed by atoms with van der Waals surface area (Å²) in [4.78, 5) is 34.4. The van der Waals surface area contributed by atoms with E-state index in [0.29, 0.717) is 5.56 Å². The highest BCUT2D eigenvalue weighted by atomic mass is 35.5. The quantitative estimate of drug-likeness (QED) is 0.290. The van der Waals surface area contributed by atoms with Crippen molar-refractivity contribution >= 4 is 51.8 Å². The summed E-state index contributed by atoms with van der Waals surface area (Å²) in [6.07, 6.45) is 0.930. The molecule has 31 heavy (non-hydrogen) atoms. The summed E-state index contributed by atoms with van der Waals surface area (Å²) in [6, 6.07) is 14.5. The number of amides is 2. The zero-order chi connectivity index (χ0) is 22.4. The fourth-order valence-corrected chi connectivity index (χ4v) is 3.01. The summed E-state index contributed by atoms with van der Waals surface area (Å²) in [6.45, 7) is 0. The Balaban J connectivity index is 1.56. The molecule has 0 aliphatic heterocycles. The Bertz CT molecular complexity index is 1200. The van der Waals surface area contributed by atoms with Crippen LogP contribution in [0.25, 0.3) is 10.8 Å². The number of nitrogens with zero attached hydrogens (tertiary/aromatic N) is 2. The first-order valence-electron chi connectivity index (χ1n) is 9.11.